The number of nitrogens with zero attached hydrogens (tertiary/aromatic N) is 1. The second-order valence-corrected chi connectivity index (χ2v) is 5.78. The van der Waals surface area contributed by atoms with Crippen LogP contribution in [0.4, 0.5) is 0 Å². The summed E-state index contributed by atoms with van der Waals surface area (Å²) in [5.41, 5.74) is 2.26. The first-order chi connectivity index (χ1) is 9.16. The molecule has 0 aliphatic rings. The monoisotopic (exact) mass is 276 g/mol. The maximum absolute atomic E-state index is 10.1. The van der Waals surface area contributed by atoms with E-state index in [4.69, 9.17) is 0 Å². The van der Waals surface area contributed by atoms with Crippen molar-refractivity contribution in [2.24, 2.45) is 0 Å². The van der Waals surface area contributed by atoms with Crippen LogP contribution in [0.25, 0.3) is 0 Å². The molecule has 0 aliphatic carbocycles. The standard InChI is InChI=1S/C15H20N2OS/c1-11(9-14(18)15-6-4-8-19-15)17-10-13-5-3-7-16-12(13)2/h3-8,11,14,17-18H,9-10H2,1-2H3/t11-,14-/m1/s1. The van der Waals surface area contributed by atoms with Gasteiger partial charge in [-0.1, -0.05) is 12.1 Å². The second kappa shape index (κ2) is 6.80. The lowest BCUT2D eigenvalue weighted by molar-refractivity contribution is 0.157. The molecule has 102 valence electrons. The fraction of sp³-hybridized carbons (Fsp3) is 0.400. The molecule has 2 atom stereocenters. The van der Waals surface area contributed by atoms with Crippen molar-refractivity contribution >= 4 is 11.3 Å². The molecule has 0 spiro atoms. The Kier molecular flexibility index (Phi) is 5.07. The van der Waals surface area contributed by atoms with Crippen LogP contribution in [0.2, 0.25) is 0 Å². The highest BCUT2D eigenvalue weighted by atomic mass is 32.1. The molecule has 2 heterocycles. The number of aromatic nitrogens is 1. The van der Waals surface area contributed by atoms with E-state index in [1.165, 1.54) is 5.56 Å². The van der Waals surface area contributed by atoms with E-state index in [1.807, 2.05) is 36.7 Å². The van der Waals surface area contributed by atoms with Gasteiger partial charge in [0, 0.05) is 29.4 Å². The Bertz CT molecular complexity index is 499. The third-order valence-corrected chi connectivity index (χ3v) is 4.18. The van der Waals surface area contributed by atoms with Gasteiger partial charge in [0.15, 0.2) is 0 Å². The third kappa shape index (κ3) is 4.13. The van der Waals surface area contributed by atoms with Crippen molar-refractivity contribution in [3.05, 3.63) is 52.0 Å². The highest BCUT2D eigenvalue weighted by Crippen LogP contribution is 2.22. The number of rotatable bonds is 6. The molecule has 0 aromatic carbocycles. The summed E-state index contributed by atoms with van der Waals surface area (Å²) in [6, 6.07) is 8.25. The minimum Gasteiger partial charge on any atom is -0.388 e. The largest absolute Gasteiger partial charge is 0.388 e. The van der Waals surface area contributed by atoms with Crippen molar-refractivity contribution in [3.63, 3.8) is 0 Å². The maximum atomic E-state index is 10.1. The minimum absolute atomic E-state index is 0.261. The van der Waals surface area contributed by atoms with Crippen molar-refractivity contribution < 1.29 is 5.11 Å². The quantitative estimate of drug-likeness (QED) is 0.852. The Labute approximate surface area is 118 Å². The van der Waals surface area contributed by atoms with Gasteiger partial charge < -0.3 is 10.4 Å². The summed E-state index contributed by atoms with van der Waals surface area (Å²) in [7, 11) is 0. The van der Waals surface area contributed by atoms with Crippen LogP contribution in [0.1, 0.15) is 35.6 Å². The van der Waals surface area contributed by atoms with Gasteiger partial charge >= 0.3 is 0 Å². The molecule has 2 N–H and O–H groups in total. The first kappa shape index (κ1) is 14.2. The van der Waals surface area contributed by atoms with E-state index in [9.17, 15) is 5.11 Å². The van der Waals surface area contributed by atoms with Gasteiger partial charge in [0.25, 0.3) is 0 Å². The van der Waals surface area contributed by atoms with Gasteiger partial charge in [-0.15, -0.1) is 11.3 Å². The fourth-order valence-electron chi connectivity index (χ4n) is 2.00. The number of nitrogens with one attached hydrogen (secondary N) is 1. The minimum atomic E-state index is -0.377. The molecule has 0 unspecified atom stereocenters. The van der Waals surface area contributed by atoms with E-state index in [2.05, 4.69) is 23.3 Å². The molecule has 2 aromatic rings. The molecule has 0 saturated carbocycles. The zero-order valence-corrected chi connectivity index (χ0v) is 12.2. The summed E-state index contributed by atoms with van der Waals surface area (Å²) in [5.74, 6) is 0. The number of thiophene rings is 1. The number of aliphatic hydroxyl groups is 1. The number of hydrogen-bond donors (Lipinski definition) is 2. The molecule has 19 heavy (non-hydrogen) atoms. The van der Waals surface area contributed by atoms with E-state index in [0.717, 1.165) is 23.5 Å². The Morgan fingerprint density at radius 3 is 2.89 bits per heavy atom. The summed E-state index contributed by atoms with van der Waals surface area (Å²) >= 11 is 1.60. The number of pyridine rings is 1. The van der Waals surface area contributed by atoms with Gasteiger partial charge in [0.05, 0.1) is 6.10 Å². The average molecular weight is 276 g/mol. The third-order valence-electron chi connectivity index (χ3n) is 3.21. The predicted molar refractivity (Wildman–Crippen MR) is 79.2 cm³/mol. The van der Waals surface area contributed by atoms with Gasteiger partial charge in [0.1, 0.15) is 0 Å². The first-order valence-corrected chi connectivity index (χ1v) is 7.40. The highest BCUT2D eigenvalue weighted by Gasteiger charge is 2.13. The van der Waals surface area contributed by atoms with Crippen LogP contribution in [-0.2, 0) is 6.54 Å². The van der Waals surface area contributed by atoms with Gasteiger partial charge in [-0.05, 0) is 43.3 Å². The van der Waals surface area contributed by atoms with Crippen molar-refractivity contribution in [3.8, 4) is 0 Å². The van der Waals surface area contributed by atoms with Gasteiger partial charge in [-0.3, -0.25) is 4.98 Å². The Balaban J connectivity index is 1.82. The smallest absolute Gasteiger partial charge is 0.0896 e. The number of aryl methyl sites for hydroxylation is 1. The normalized spacial score (nSPS) is 14.3. The molecule has 4 heteroatoms. The Morgan fingerprint density at radius 1 is 1.37 bits per heavy atom. The van der Waals surface area contributed by atoms with E-state index < -0.39 is 0 Å². The van der Waals surface area contributed by atoms with Crippen LogP contribution in [0.5, 0.6) is 0 Å². The van der Waals surface area contributed by atoms with Crippen molar-refractivity contribution in [2.75, 3.05) is 0 Å². The molecule has 0 aliphatic heterocycles. The van der Waals surface area contributed by atoms with E-state index in [-0.39, 0.29) is 12.1 Å². The van der Waals surface area contributed by atoms with Crippen LogP contribution >= 0.6 is 11.3 Å². The summed E-state index contributed by atoms with van der Waals surface area (Å²) in [5, 5.41) is 15.5. The zero-order chi connectivity index (χ0) is 13.7. The summed E-state index contributed by atoms with van der Waals surface area (Å²) in [6.07, 6.45) is 2.15. The molecule has 0 amide bonds. The van der Waals surface area contributed by atoms with Crippen molar-refractivity contribution in [2.45, 2.75) is 39.0 Å². The van der Waals surface area contributed by atoms with Crippen LogP contribution < -0.4 is 5.32 Å². The highest BCUT2D eigenvalue weighted by molar-refractivity contribution is 7.10. The van der Waals surface area contributed by atoms with Crippen molar-refractivity contribution in [1.82, 2.24) is 10.3 Å². The number of aliphatic hydroxyl groups excluding tert-OH is 1. The van der Waals surface area contributed by atoms with Crippen molar-refractivity contribution in [1.29, 1.82) is 0 Å². The zero-order valence-electron chi connectivity index (χ0n) is 11.3. The predicted octanol–water partition coefficient (Wildman–Crippen LogP) is 3.05. The molecule has 3 nitrogen and oxygen atoms in total. The summed E-state index contributed by atoms with van der Waals surface area (Å²) in [6.45, 7) is 4.91. The molecular formula is C15H20N2OS. The number of hydrogen-bond acceptors (Lipinski definition) is 4. The van der Waals surface area contributed by atoms with E-state index >= 15 is 0 Å². The lowest BCUT2D eigenvalue weighted by atomic mass is 10.1. The van der Waals surface area contributed by atoms with Crippen LogP contribution in [-0.4, -0.2) is 16.1 Å². The van der Waals surface area contributed by atoms with Gasteiger partial charge in [-0.25, -0.2) is 0 Å². The van der Waals surface area contributed by atoms with E-state index in [1.54, 1.807) is 11.3 Å². The molecular weight excluding hydrogens is 256 g/mol. The molecule has 0 saturated heterocycles. The molecule has 0 bridgehead atoms. The van der Waals surface area contributed by atoms with Gasteiger partial charge in [0.2, 0.25) is 0 Å². The lowest BCUT2D eigenvalue weighted by Crippen LogP contribution is -2.27. The lowest BCUT2D eigenvalue weighted by Gasteiger charge is -2.17. The Morgan fingerprint density at radius 2 is 2.21 bits per heavy atom. The van der Waals surface area contributed by atoms with E-state index in [0.29, 0.717) is 0 Å². The average Bonchev–Trinajstić information content (AvgIpc) is 2.91. The van der Waals surface area contributed by atoms with Gasteiger partial charge in [-0.2, -0.15) is 0 Å². The maximum Gasteiger partial charge on any atom is 0.0896 e. The fourth-order valence-corrected chi connectivity index (χ4v) is 2.73. The molecule has 0 fully saturated rings. The van der Waals surface area contributed by atoms with Crippen LogP contribution in [0, 0.1) is 6.92 Å². The molecule has 2 rings (SSSR count). The topological polar surface area (TPSA) is 45.2 Å². The Hall–Kier alpha value is -1.23. The summed E-state index contributed by atoms with van der Waals surface area (Å²) in [4.78, 5) is 5.30. The second-order valence-electron chi connectivity index (χ2n) is 4.80. The summed E-state index contributed by atoms with van der Waals surface area (Å²) < 4.78 is 0. The van der Waals surface area contributed by atoms with Crippen LogP contribution in [0.15, 0.2) is 35.8 Å². The molecule has 2 aromatic heterocycles. The SMILES string of the molecule is Cc1ncccc1CN[C@H](C)C[C@@H](O)c1cccs1. The molecule has 0 radical (unpaired) electrons. The first-order valence-electron chi connectivity index (χ1n) is 6.52. The van der Waals surface area contributed by atoms with Crippen LogP contribution in [0.3, 0.4) is 0 Å².